The predicted octanol–water partition coefficient (Wildman–Crippen LogP) is 0.560. The molecule has 0 bridgehead atoms. The van der Waals surface area contributed by atoms with Crippen LogP contribution >= 0.6 is 0 Å². The van der Waals surface area contributed by atoms with E-state index in [4.69, 9.17) is 4.52 Å². The molecule has 0 saturated carbocycles. The van der Waals surface area contributed by atoms with Crippen LogP contribution in [0, 0.1) is 12.8 Å². The first kappa shape index (κ1) is 14.4. The fourth-order valence-corrected chi connectivity index (χ4v) is 2.54. The van der Waals surface area contributed by atoms with Crippen LogP contribution < -0.4 is 5.32 Å². The van der Waals surface area contributed by atoms with Gasteiger partial charge < -0.3 is 19.8 Å². The maximum atomic E-state index is 9.36. The van der Waals surface area contributed by atoms with Gasteiger partial charge in [-0.15, -0.1) is 0 Å². The lowest BCUT2D eigenvalue weighted by atomic mass is 9.96. The molecular weight excluding hydrogens is 244 g/mol. The van der Waals surface area contributed by atoms with Gasteiger partial charge in [0.05, 0.1) is 12.6 Å². The number of nitrogens with one attached hydrogen (secondary N) is 1. The van der Waals surface area contributed by atoms with E-state index in [1.54, 1.807) is 0 Å². The van der Waals surface area contributed by atoms with Crippen molar-refractivity contribution in [3.05, 3.63) is 11.7 Å². The van der Waals surface area contributed by atoms with Crippen LogP contribution in [0.2, 0.25) is 0 Å². The fourth-order valence-electron chi connectivity index (χ4n) is 2.54. The molecule has 6 heteroatoms. The Bertz CT molecular complexity index is 372. The Morgan fingerprint density at radius 2 is 2.21 bits per heavy atom. The van der Waals surface area contributed by atoms with Gasteiger partial charge >= 0.3 is 0 Å². The average molecular weight is 268 g/mol. The van der Waals surface area contributed by atoms with Crippen molar-refractivity contribution in [3.63, 3.8) is 0 Å². The summed E-state index contributed by atoms with van der Waals surface area (Å²) in [7, 11) is 0. The highest BCUT2D eigenvalue weighted by atomic mass is 16.5. The van der Waals surface area contributed by atoms with Crippen molar-refractivity contribution in [1.29, 1.82) is 0 Å². The molecule has 2 N–H and O–H groups in total. The standard InChI is InChI=1S/C13H24N4O2/c1-10(18)9-17-5-3-12(4-6-17)7-14-8-13-15-11(2)16-19-13/h10,12,14,18H,3-9H2,1-2H3/t10-/m0/s1. The van der Waals surface area contributed by atoms with Gasteiger partial charge in [-0.2, -0.15) is 4.98 Å². The van der Waals surface area contributed by atoms with E-state index in [-0.39, 0.29) is 6.10 Å². The Hall–Kier alpha value is -0.980. The number of aryl methyl sites for hydroxylation is 1. The summed E-state index contributed by atoms with van der Waals surface area (Å²) >= 11 is 0. The summed E-state index contributed by atoms with van der Waals surface area (Å²) in [5.41, 5.74) is 0. The minimum absolute atomic E-state index is 0.226. The third-order valence-electron chi connectivity index (χ3n) is 3.51. The maximum Gasteiger partial charge on any atom is 0.240 e. The van der Waals surface area contributed by atoms with Gasteiger partial charge in [0.15, 0.2) is 5.82 Å². The molecule has 1 saturated heterocycles. The molecule has 108 valence electrons. The minimum Gasteiger partial charge on any atom is -0.392 e. The number of rotatable bonds is 6. The molecule has 0 aromatic carbocycles. The second-order valence-electron chi connectivity index (χ2n) is 5.46. The monoisotopic (exact) mass is 268 g/mol. The zero-order valence-corrected chi connectivity index (χ0v) is 11.8. The molecule has 1 atom stereocenters. The van der Waals surface area contributed by atoms with Gasteiger partial charge in [-0.05, 0) is 52.2 Å². The first-order chi connectivity index (χ1) is 9.13. The van der Waals surface area contributed by atoms with E-state index in [0.717, 1.165) is 26.2 Å². The van der Waals surface area contributed by atoms with Crippen LogP contribution in [-0.2, 0) is 6.54 Å². The smallest absolute Gasteiger partial charge is 0.240 e. The summed E-state index contributed by atoms with van der Waals surface area (Å²) in [5.74, 6) is 2.04. The zero-order chi connectivity index (χ0) is 13.7. The first-order valence-corrected chi connectivity index (χ1v) is 7.04. The zero-order valence-electron chi connectivity index (χ0n) is 11.8. The highest BCUT2D eigenvalue weighted by molar-refractivity contribution is 4.82. The fraction of sp³-hybridized carbons (Fsp3) is 0.846. The number of nitrogens with zero attached hydrogens (tertiary/aromatic N) is 3. The predicted molar refractivity (Wildman–Crippen MR) is 71.6 cm³/mol. The van der Waals surface area contributed by atoms with Crippen molar-refractivity contribution < 1.29 is 9.63 Å². The Labute approximate surface area is 114 Å². The number of piperidine rings is 1. The van der Waals surface area contributed by atoms with E-state index in [0.29, 0.717) is 24.2 Å². The van der Waals surface area contributed by atoms with Crippen molar-refractivity contribution in [2.24, 2.45) is 5.92 Å². The SMILES string of the molecule is Cc1noc(CNCC2CCN(C[C@H](C)O)CC2)n1. The lowest BCUT2D eigenvalue weighted by Gasteiger charge is -2.32. The van der Waals surface area contributed by atoms with Crippen LogP contribution in [0.25, 0.3) is 0 Å². The molecule has 2 heterocycles. The number of hydrogen-bond acceptors (Lipinski definition) is 6. The van der Waals surface area contributed by atoms with E-state index in [1.807, 2.05) is 13.8 Å². The average Bonchev–Trinajstić information content (AvgIpc) is 2.77. The highest BCUT2D eigenvalue weighted by Gasteiger charge is 2.19. The van der Waals surface area contributed by atoms with Crippen molar-refractivity contribution in [2.75, 3.05) is 26.2 Å². The number of aliphatic hydroxyl groups excluding tert-OH is 1. The maximum absolute atomic E-state index is 9.36. The van der Waals surface area contributed by atoms with Gasteiger partial charge in [-0.3, -0.25) is 0 Å². The van der Waals surface area contributed by atoms with Crippen molar-refractivity contribution in [1.82, 2.24) is 20.4 Å². The molecule has 1 aromatic rings. The molecule has 0 amide bonds. The summed E-state index contributed by atoms with van der Waals surface area (Å²) in [4.78, 5) is 6.50. The van der Waals surface area contributed by atoms with Crippen LogP contribution in [-0.4, -0.2) is 52.4 Å². The third-order valence-corrected chi connectivity index (χ3v) is 3.51. The number of aromatic nitrogens is 2. The third kappa shape index (κ3) is 4.89. The summed E-state index contributed by atoms with van der Waals surface area (Å²) in [5, 5.41) is 16.5. The van der Waals surface area contributed by atoms with E-state index < -0.39 is 0 Å². The molecule has 2 rings (SSSR count). The molecule has 19 heavy (non-hydrogen) atoms. The van der Waals surface area contributed by atoms with Crippen LogP contribution in [0.5, 0.6) is 0 Å². The van der Waals surface area contributed by atoms with Crippen molar-refractivity contribution >= 4 is 0 Å². The van der Waals surface area contributed by atoms with Gasteiger partial charge in [0, 0.05) is 6.54 Å². The number of likely N-dealkylation sites (tertiary alicyclic amines) is 1. The van der Waals surface area contributed by atoms with Crippen LogP contribution in [0.1, 0.15) is 31.5 Å². The van der Waals surface area contributed by atoms with Crippen LogP contribution in [0.3, 0.4) is 0 Å². The molecule has 0 spiro atoms. The largest absolute Gasteiger partial charge is 0.392 e. The molecule has 0 radical (unpaired) electrons. The summed E-state index contributed by atoms with van der Waals surface area (Å²) < 4.78 is 5.05. The quantitative estimate of drug-likeness (QED) is 0.785. The van der Waals surface area contributed by atoms with E-state index in [9.17, 15) is 5.11 Å². The molecule has 1 aliphatic heterocycles. The molecule has 1 aromatic heterocycles. The molecule has 1 aliphatic rings. The normalized spacial score (nSPS) is 19.7. The number of hydrogen-bond donors (Lipinski definition) is 2. The summed E-state index contributed by atoms with van der Waals surface area (Å²) in [6, 6.07) is 0. The first-order valence-electron chi connectivity index (χ1n) is 7.04. The highest BCUT2D eigenvalue weighted by Crippen LogP contribution is 2.16. The van der Waals surface area contributed by atoms with E-state index >= 15 is 0 Å². The van der Waals surface area contributed by atoms with Crippen LogP contribution in [0.4, 0.5) is 0 Å². The van der Waals surface area contributed by atoms with Crippen LogP contribution in [0.15, 0.2) is 4.52 Å². The van der Waals surface area contributed by atoms with E-state index in [1.165, 1.54) is 12.8 Å². The molecule has 0 unspecified atom stereocenters. The topological polar surface area (TPSA) is 74.4 Å². The van der Waals surface area contributed by atoms with Gasteiger partial charge in [0.2, 0.25) is 5.89 Å². The molecule has 0 aliphatic carbocycles. The van der Waals surface area contributed by atoms with Gasteiger partial charge in [0.1, 0.15) is 0 Å². The summed E-state index contributed by atoms with van der Waals surface area (Å²) in [6.07, 6.45) is 2.14. The van der Waals surface area contributed by atoms with Gasteiger partial charge in [-0.1, -0.05) is 5.16 Å². The number of aliphatic hydroxyl groups is 1. The molecule has 6 nitrogen and oxygen atoms in total. The van der Waals surface area contributed by atoms with Crippen molar-refractivity contribution in [3.8, 4) is 0 Å². The minimum atomic E-state index is -0.226. The summed E-state index contributed by atoms with van der Waals surface area (Å²) in [6.45, 7) is 8.26. The van der Waals surface area contributed by atoms with Gasteiger partial charge in [0.25, 0.3) is 0 Å². The second-order valence-corrected chi connectivity index (χ2v) is 5.46. The Morgan fingerprint density at radius 1 is 1.47 bits per heavy atom. The van der Waals surface area contributed by atoms with Gasteiger partial charge in [-0.25, -0.2) is 0 Å². The lowest BCUT2D eigenvalue weighted by Crippen LogP contribution is -2.40. The van der Waals surface area contributed by atoms with Crippen molar-refractivity contribution in [2.45, 2.75) is 39.3 Å². The Kier molecular flexibility index (Phi) is 5.30. The Morgan fingerprint density at radius 3 is 2.79 bits per heavy atom. The molecular formula is C13H24N4O2. The Balaban J connectivity index is 1.60. The number of β-amino-alcohol motifs (C(OH)–C–C–N with tert-alkyl or cyclic N) is 1. The second kappa shape index (κ2) is 6.98. The van der Waals surface area contributed by atoms with E-state index in [2.05, 4.69) is 20.4 Å². The molecule has 1 fully saturated rings. The lowest BCUT2D eigenvalue weighted by molar-refractivity contribution is 0.0996.